The lowest BCUT2D eigenvalue weighted by molar-refractivity contribution is 0.246. The molecule has 0 aromatic carbocycles. The third kappa shape index (κ3) is 3.30. The van der Waals surface area contributed by atoms with E-state index in [4.69, 9.17) is 9.51 Å². The lowest BCUT2D eigenvalue weighted by Crippen LogP contribution is -2.47. The first-order chi connectivity index (χ1) is 13.2. The lowest BCUT2D eigenvalue weighted by Gasteiger charge is -2.35. The molecule has 150 valence electrons. The molecule has 1 aliphatic heterocycles. The second-order valence-corrected chi connectivity index (χ2v) is 8.42. The zero-order valence-electron chi connectivity index (χ0n) is 17.1. The molecule has 0 bridgehead atoms. The van der Waals surface area contributed by atoms with Crippen LogP contribution in [0.3, 0.4) is 0 Å². The first-order valence-corrected chi connectivity index (χ1v) is 9.61. The summed E-state index contributed by atoms with van der Waals surface area (Å²) in [7, 11) is 0. The summed E-state index contributed by atoms with van der Waals surface area (Å²) in [5.41, 5.74) is 2.35. The van der Waals surface area contributed by atoms with E-state index in [-0.39, 0.29) is 11.1 Å². The Morgan fingerprint density at radius 1 is 1.18 bits per heavy atom. The lowest BCUT2D eigenvalue weighted by atomic mass is 10.1. The summed E-state index contributed by atoms with van der Waals surface area (Å²) >= 11 is 0. The number of rotatable bonds is 3. The number of fused-ring (bicyclic) bond motifs is 1. The fourth-order valence-corrected chi connectivity index (χ4v) is 3.62. The molecule has 3 aromatic rings. The first-order valence-electron chi connectivity index (χ1n) is 9.61. The maximum atomic E-state index is 12.5. The van der Waals surface area contributed by atoms with Crippen LogP contribution in [0.4, 0.5) is 5.95 Å². The highest BCUT2D eigenvalue weighted by molar-refractivity contribution is 5.74. The fourth-order valence-electron chi connectivity index (χ4n) is 3.62. The van der Waals surface area contributed by atoms with E-state index < -0.39 is 0 Å². The number of hydrogen-bond acceptors (Lipinski definition) is 7. The van der Waals surface area contributed by atoms with E-state index in [0.717, 1.165) is 49.7 Å². The van der Waals surface area contributed by atoms with Crippen molar-refractivity contribution in [1.82, 2.24) is 29.8 Å². The maximum Gasteiger partial charge on any atom is 0.263 e. The van der Waals surface area contributed by atoms with Crippen LogP contribution < -0.4 is 10.5 Å². The Kier molecular flexibility index (Phi) is 4.49. The maximum absolute atomic E-state index is 12.5. The van der Waals surface area contributed by atoms with Gasteiger partial charge in [-0.15, -0.1) is 0 Å². The van der Waals surface area contributed by atoms with Gasteiger partial charge < -0.3 is 9.42 Å². The summed E-state index contributed by atoms with van der Waals surface area (Å²) < 4.78 is 7.08. The number of H-pyrrole nitrogens is 1. The second kappa shape index (κ2) is 6.73. The molecule has 4 heterocycles. The van der Waals surface area contributed by atoms with E-state index in [0.29, 0.717) is 17.0 Å². The van der Waals surface area contributed by atoms with Gasteiger partial charge in [-0.3, -0.25) is 14.7 Å². The van der Waals surface area contributed by atoms with Crippen LogP contribution in [-0.2, 0) is 12.1 Å². The molecule has 0 atom stereocenters. The Bertz CT molecular complexity index is 1030. The van der Waals surface area contributed by atoms with Crippen LogP contribution in [0.15, 0.2) is 15.5 Å². The zero-order valence-corrected chi connectivity index (χ0v) is 17.1. The Labute approximate surface area is 163 Å². The van der Waals surface area contributed by atoms with Crippen LogP contribution >= 0.6 is 0 Å². The van der Waals surface area contributed by atoms with Crippen molar-refractivity contribution in [3.63, 3.8) is 0 Å². The molecule has 0 unspecified atom stereocenters. The van der Waals surface area contributed by atoms with Gasteiger partial charge in [0.15, 0.2) is 5.65 Å². The quantitative estimate of drug-likeness (QED) is 0.734. The largest absolute Gasteiger partial charge is 0.361 e. The van der Waals surface area contributed by atoms with Crippen LogP contribution in [0.1, 0.15) is 37.8 Å². The number of aryl methyl sites for hydroxylation is 2. The smallest absolute Gasteiger partial charge is 0.263 e. The highest BCUT2D eigenvalue weighted by Gasteiger charge is 2.24. The van der Waals surface area contributed by atoms with E-state index in [2.05, 4.69) is 45.8 Å². The standard InChI is InChI=1S/C19H27N7O2/c1-12-15(13(2)28-23-12)11-24-6-8-25(9-7-24)18-21-16-14(17(27)22-18)10-20-26(16)19(3,4)5/h10H,6-9,11H2,1-5H3,(H,21,22,27). The fraction of sp³-hybridized carbons (Fsp3) is 0.579. The molecule has 9 heteroatoms. The summed E-state index contributed by atoms with van der Waals surface area (Å²) in [6.07, 6.45) is 1.59. The molecule has 0 amide bonds. The van der Waals surface area contributed by atoms with Gasteiger partial charge in [0.1, 0.15) is 11.1 Å². The van der Waals surface area contributed by atoms with Crippen LogP contribution in [0.25, 0.3) is 11.0 Å². The van der Waals surface area contributed by atoms with Crippen LogP contribution in [-0.4, -0.2) is 56.0 Å². The second-order valence-electron chi connectivity index (χ2n) is 8.42. The molecule has 0 saturated carbocycles. The average Bonchev–Trinajstić information content (AvgIpc) is 3.21. The Balaban J connectivity index is 1.53. The molecule has 0 radical (unpaired) electrons. The summed E-state index contributed by atoms with van der Waals surface area (Å²) in [4.78, 5) is 24.7. The van der Waals surface area contributed by atoms with E-state index in [1.807, 2.05) is 18.5 Å². The Morgan fingerprint density at radius 3 is 2.50 bits per heavy atom. The van der Waals surface area contributed by atoms with Gasteiger partial charge in [-0.25, -0.2) is 4.68 Å². The van der Waals surface area contributed by atoms with Crippen molar-refractivity contribution in [3.05, 3.63) is 33.6 Å². The van der Waals surface area contributed by atoms with Gasteiger partial charge in [0.05, 0.1) is 17.4 Å². The van der Waals surface area contributed by atoms with Crippen molar-refractivity contribution in [1.29, 1.82) is 0 Å². The number of aromatic amines is 1. The van der Waals surface area contributed by atoms with Gasteiger partial charge in [-0.1, -0.05) is 5.16 Å². The third-order valence-corrected chi connectivity index (χ3v) is 5.30. The molecule has 1 fully saturated rings. The average molecular weight is 385 g/mol. The van der Waals surface area contributed by atoms with Gasteiger partial charge in [-0.2, -0.15) is 10.1 Å². The van der Waals surface area contributed by atoms with Crippen molar-refractivity contribution in [2.75, 3.05) is 31.1 Å². The molecule has 1 saturated heterocycles. The molecule has 9 nitrogen and oxygen atoms in total. The van der Waals surface area contributed by atoms with Crippen molar-refractivity contribution >= 4 is 17.0 Å². The van der Waals surface area contributed by atoms with Gasteiger partial charge in [0.2, 0.25) is 5.95 Å². The molecule has 0 aliphatic carbocycles. The highest BCUT2D eigenvalue weighted by Crippen LogP contribution is 2.21. The number of piperazine rings is 1. The molecule has 3 aromatic heterocycles. The first kappa shape index (κ1) is 18.7. The van der Waals surface area contributed by atoms with Crippen molar-refractivity contribution < 1.29 is 4.52 Å². The minimum Gasteiger partial charge on any atom is -0.361 e. The third-order valence-electron chi connectivity index (χ3n) is 5.30. The normalized spacial score (nSPS) is 16.2. The molecule has 28 heavy (non-hydrogen) atoms. The van der Waals surface area contributed by atoms with Crippen LogP contribution in [0.5, 0.6) is 0 Å². The topological polar surface area (TPSA) is 96.1 Å². The Hall–Kier alpha value is -2.68. The predicted octanol–water partition coefficient (Wildman–Crippen LogP) is 1.80. The van der Waals surface area contributed by atoms with E-state index in [1.54, 1.807) is 6.20 Å². The summed E-state index contributed by atoms with van der Waals surface area (Å²) in [5.74, 6) is 1.49. The van der Waals surface area contributed by atoms with E-state index >= 15 is 0 Å². The molecular weight excluding hydrogens is 358 g/mol. The molecule has 4 rings (SSSR count). The van der Waals surface area contributed by atoms with E-state index in [9.17, 15) is 4.79 Å². The summed E-state index contributed by atoms with van der Waals surface area (Å²) in [5, 5.41) is 8.94. The summed E-state index contributed by atoms with van der Waals surface area (Å²) in [6, 6.07) is 0. The SMILES string of the molecule is Cc1noc(C)c1CN1CCN(c2nc3c(cnn3C(C)(C)C)c(=O)[nH]2)CC1. The number of hydrogen-bond donors (Lipinski definition) is 1. The highest BCUT2D eigenvalue weighted by atomic mass is 16.5. The van der Waals surface area contributed by atoms with Crippen LogP contribution in [0, 0.1) is 13.8 Å². The number of nitrogens with one attached hydrogen (secondary N) is 1. The minimum absolute atomic E-state index is 0.145. The van der Waals surface area contributed by atoms with Crippen molar-refractivity contribution in [2.45, 2.75) is 46.7 Å². The molecule has 1 aliphatic rings. The van der Waals surface area contributed by atoms with Crippen molar-refractivity contribution in [3.8, 4) is 0 Å². The molecular formula is C19H27N7O2. The summed E-state index contributed by atoms with van der Waals surface area (Å²) in [6.45, 7) is 14.3. The number of anilines is 1. The van der Waals surface area contributed by atoms with Gasteiger partial charge in [-0.05, 0) is 34.6 Å². The number of aromatic nitrogens is 5. The van der Waals surface area contributed by atoms with Gasteiger partial charge >= 0.3 is 0 Å². The predicted molar refractivity (Wildman–Crippen MR) is 107 cm³/mol. The van der Waals surface area contributed by atoms with Crippen molar-refractivity contribution in [2.24, 2.45) is 0 Å². The Morgan fingerprint density at radius 2 is 1.89 bits per heavy atom. The minimum atomic E-state index is -0.243. The van der Waals surface area contributed by atoms with Gasteiger partial charge in [0, 0.05) is 38.3 Å². The van der Waals surface area contributed by atoms with E-state index in [1.165, 1.54) is 0 Å². The van der Waals surface area contributed by atoms with Gasteiger partial charge in [0.25, 0.3) is 5.56 Å². The monoisotopic (exact) mass is 385 g/mol. The van der Waals surface area contributed by atoms with Crippen LogP contribution in [0.2, 0.25) is 0 Å². The zero-order chi connectivity index (χ0) is 20.1. The number of nitrogens with zero attached hydrogens (tertiary/aromatic N) is 6. The molecule has 1 N–H and O–H groups in total. The molecule has 0 spiro atoms.